The third-order valence-corrected chi connectivity index (χ3v) is 4.73. The minimum atomic E-state index is 0.0136. The minimum absolute atomic E-state index is 0.0136. The third kappa shape index (κ3) is 6.05. The number of carbonyl (C=O) groups excluding carboxylic acids is 2. The Kier molecular flexibility index (Phi) is 7.20. The first-order valence-corrected chi connectivity index (χ1v) is 9.01. The van der Waals surface area contributed by atoms with Crippen LogP contribution in [0.4, 0.5) is 0 Å². The molecule has 2 amide bonds. The molecule has 1 aromatic carbocycles. The Balaban J connectivity index is 1.69. The van der Waals surface area contributed by atoms with Crippen molar-refractivity contribution in [2.45, 2.75) is 6.54 Å². The van der Waals surface area contributed by atoms with E-state index in [0.29, 0.717) is 49.4 Å². The van der Waals surface area contributed by atoms with Gasteiger partial charge in [-0.05, 0) is 17.7 Å². The predicted octanol–water partition coefficient (Wildman–Crippen LogP) is 1.89. The number of rotatable bonds is 6. The summed E-state index contributed by atoms with van der Waals surface area (Å²) < 4.78 is 5.22. The van der Waals surface area contributed by atoms with Crippen LogP contribution in [0.2, 0.25) is 5.02 Å². The molecule has 126 valence electrons. The van der Waals surface area contributed by atoms with Crippen molar-refractivity contribution in [3.05, 3.63) is 34.9 Å². The lowest BCUT2D eigenvalue weighted by molar-refractivity contribution is -0.132. The first-order chi connectivity index (χ1) is 11.1. The summed E-state index contributed by atoms with van der Waals surface area (Å²) in [5.41, 5.74) is 1.03. The summed E-state index contributed by atoms with van der Waals surface area (Å²) in [7, 11) is 1.77. The number of thioether (sulfide) groups is 1. The highest BCUT2D eigenvalue weighted by molar-refractivity contribution is 8.00. The highest BCUT2D eigenvalue weighted by Gasteiger charge is 2.17. The van der Waals surface area contributed by atoms with E-state index in [4.69, 9.17) is 16.3 Å². The van der Waals surface area contributed by atoms with E-state index in [9.17, 15) is 9.59 Å². The Labute approximate surface area is 145 Å². The highest BCUT2D eigenvalue weighted by atomic mass is 35.5. The van der Waals surface area contributed by atoms with Gasteiger partial charge in [-0.15, -0.1) is 11.8 Å². The molecule has 1 aromatic rings. The number of benzene rings is 1. The molecule has 23 heavy (non-hydrogen) atoms. The summed E-state index contributed by atoms with van der Waals surface area (Å²) in [4.78, 5) is 27.5. The number of halogens is 1. The normalized spacial score (nSPS) is 14.6. The average molecular weight is 357 g/mol. The Morgan fingerprint density at radius 1 is 1.22 bits per heavy atom. The fourth-order valence-electron chi connectivity index (χ4n) is 2.19. The van der Waals surface area contributed by atoms with Crippen LogP contribution in [0.15, 0.2) is 24.3 Å². The maximum absolute atomic E-state index is 12.1. The summed E-state index contributed by atoms with van der Waals surface area (Å²) in [5.74, 6) is 0.729. The monoisotopic (exact) mass is 356 g/mol. The largest absolute Gasteiger partial charge is 0.378 e. The quantitative estimate of drug-likeness (QED) is 0.781. The number of ether oxygens (including phenoxy) is 1. The van der Waals surface area contributed by atoms with Crippen molar-refractivity contribution in [3.8, 4) is 0 Å². The zero-order chi connectivity index (χ0) is 16.7. The number of nitrogens with zero attached hydrogens (tertiary/aromatic N) is 2. The van der Waals surface area contributed by atoms with Crippen LogP contribution in [0.1, 0.15) is 5.56 Å². The number of amides is 2. The van der Waals surface area contributed by atoms with E-state index in [1.807, 2.05) is 24.3 Å². The lowest BCUT2D eigenvalue weighted by Crippen LogP contribution is -2.41. The summed E-state index contributed by atoms with van der Waals surface area (Å²) in [6.07, 6.45) is 0. The molecule has 0 radical (unpaired) electrons. The zero-order valence-electron chi connectivity index (χ0n) is 13.2. The van der Waals surface area contributed by atoms with Gasteiger partial charge in [-0.1, -0.05) is 23.7 Å². The molecule has 0 unspecified atom stereocenters. The lowest BCUT2D eigenvalue weighted by Gasteiger charge is -2.26. The van der Waals surface area contributed by atoms with Crippen LogP contribution in [-0.2, 0) is 20.9 Å². The molecule has 1 heterocycles. The standard InChI is InChI=1S/C16H21ClN2O3S/c1-18(10-13-2-4-14(17)5-3-13)15(20)11-23-12-16(21)19-6-8-22-9-7-19/h2-5H,6-12H2,1H3. The van der Waals surface area contributed by atoms with Gasteiger partial charge in [0.2, 0.25) is 11.8 Å². The summed E-state index contributed by atoms with van der Waals surface area (Å²) in [6, 6.07) is 7.43. The van der Waals surface area contributed by atoms with Crippen LogP contribution in [0.3, 0.4) is 0 Å². The van der Waals surface area contributed by atoms with Crippen LogP contribution < -0.4 is 0 Å². The van der Waals surface area contributed by atoms with E-state index < -0.39 is 0 Å². The first-order valence-electron chi connectivity index (χ1n) is 7.48. The predicted molar refractivity (Wildman–Crippen MR) is 92.7 cm³/mol. The zero-order valence-corrected chi connectivity index (χ0v) is 14.7. The molecular formula is C16H21ClN2O3S. The molecule has 0 N–H and O–H groups in total. The van der Waals surface area contributed by atoms with Crippen LogP contribution in [0.5, 0.6) is 0 Å². The molecule has 1 saturated heterocycles. The van der Waals surface area contributed by atoms with Crippen LogP contribution >= 0.6 is 23.4 Å². The van der Waals surface area contributed by atoms with E-state index in [2.05, 4.69) is 0 Å². The van der Waals surface area contributed by atoms with Crippen molar-refractivity contribution < 1.29 is 14.3 Å². The van der Waals surface area contributed by atoms with Crippen molar-refractivity contribution in [1.29, 1.82) is 0 Å². The van der Waals surface area contributed by atoms with Crippen molar-refractivity contribution in [2.24, 2.45) is 0 Å². The van der Waals surface area contributed by atoms with E-state index in [0.717, 1.165) is 5.56 Å². The topological polar surface area (TPSA) is 49.9 Å². The molecule has 2 rings (SSSR count). The van der Waals surface area contributed by atoms with E-state index >= 15 is 0 Å². The van der Waals surface area contributed by atoms with Gasteiger partial charge in [0.15, 0.2) is 0 Å². The Morgan fingerprint density at radius 3 is 2.52 bits per heavy atom. The smallest absolute Gasteiger partial charge is 0.232 e. The molecule has 0 bridgehead atoms. The van der Waals surface area contributed by atoms with E-state index in [-0.39, 0.29) is 11.8 Å². The molecule has 1 aliphatic heterocycles. The Bertz CT molecular complexity index is 533. The molecule has 0 atom stereocenters. The van der Waals surface area contributed by atoms with E-state index in [1.54, 1.807) is 16.8 Å². The summed E-state index contributed by atoms with van der Waals surface area (Å²) in [5, 5.41) is 0.680. The number of hydrogen-bond donors (Lipinski definition) is 0. The molecule has 0 aromatic heterocycles. The van der Waals surface area contributed by atoms with Crippen molar-refractivity contribution in [1.82, 2.24) is 9.80 Å². The van der Waals surface area contributed by atoms with Gasteiger partial charge in [-0.2, -0.15) is 0 Å². The molecule has 0 saturated carbocycles. The first kappa shape index (κ1) is 18.1. The van der Waals surface area contributed by atoms with Gasteiger partial charge in [-0.3, -0.25) is 9.59 Å². The third-order valence-electron chi connectivity index (χ3n) is 3.57. The van der Waals surface area contributed by atoms with Gasteiger partial charge in [-0.25, -0.2) is 0 Å². The minimum Gasteiger partial charge on any atom is -0.378 e. The molecule has 7 heteroatoms. The molecule has 1 fully saturated rings. The van der Waals surface area contributed by atoms with Gasteiger partial charge >= 0.3 is 0 Å². The molecule has 1 aliphatic rings. The molecular weight excluding hydrogens is 336 g/mol. The van der Waals surface area contributed by atoms with Gasteiger partial charge in [0, 0.05) is 31.7 Å². The Hall–Kier alpha value is -1.24. The second-order valence-electron chi connectivity index (χ2n) is 5.36. The van der Waals surface area contributed by atoms with Crippen molar-refractivity contribution >= 4 is 35.2 Å². The van der Waals surface area contributed by atoms with Crippen LogP contribution in [0, 0.1) is 0 Å². The fraction of sp³-hybridized carbons (Fsp3) is 0.500. The fourth-order valence-corrected chi connectivity index (χ4v) is 3.17. The second kappa shape index (κ2) is 9.15. The number of carbonyl (C=O) groups is 2. The molecule has 5 nitrogen and oxygen atoms in total. The maximum atomic E-state index is 12.1. The second-order valence-corrected chi connectivity index (χ2v) is 6.78. The average Bonchev–Trinajstić information content (AvgIpc) is 2.57. The Morgan fingerprint density at radius 2 is 1.87 bits per heavy atom. The van der Waals surface area contributed by atoms with Gasteiger partial charge in [0.25, 0.3) is 0 Å². The highest BCUT2D eigenvalue weighted by Crippen LogP contribution is 2.12. The number of morpholine rings is 1. The maximum Gasteiger partial charge on any atom is 0.232 e. The molecule has 0 aliphatic carbocycles. The lowest BCUT2D eigenvalue weighted by atomic mass is 10.2. The van der Waals surface area contributed by atoms with Gasteiger partial charge in [0.05, 0.1) is 24.7 Å². The number of hydrogen-bond acceptors (Lipinski definition) is 4. The van der Waals surface area contributed by atoms with E-state index in [1.165, 1.54) is 11.8 Å². The van der Waals surface area contributed by atoms with Crippen LogP contribution in [-0.4, -0.2) is 66.5 Å². The van der Waals surface area contributed by atoms with Crippen molar-refractivity contribution in [2.75, 3.05) is 44.9 Å². The van der Waals surface area contributed by atoms with Crippen molar-refractivity contribution in [3.63, 3.8) is 0 Å². The summed E-state index contributed by atoms with van der Waals surface area (Å²) in [6.45, 7) is 3.01. The summed E-state index contributed by atoms with van der Waals surface area (Å²) >= 11 is 7.21. The van der Waals surface area contributed by atoms with Gasteiger partial charge < -0.3 is 14.5 Å². The molecule has 0 spiro atoms. The SMILES string of the molecule is CN(Cc1ccc(Cl)cc1)C(=O)CSCC(=O)N1CCOCC1. The van der Waals surface area contributed by atoms with Gasteiger partial charge in [0.1, 0.15) is 0 Å². The van der Waals surface area contributed by atoms with Crippen LogP contribution in [0.25, 0.3) is 0 Å².